The number of benzene rings is 1. The Morgan fingerprint density at radius 1 is 1.10 bits per heavy atom. The van der Waals surface area contributed by atoms with Gasteiger partial charge in [-0.15, -0.1) is 0 Å². The second-order valence-corrected chi connectivity index (χ2v) is 5.37. The zero-order valence-electron chi connectivity index (χ0n) is 12.0. The summed E-state index contributed by atoms with van der Waals surface area (Å²) in [5, 5.41) is 3.32. The van der Waals surface area contributed by atoms with Gasteiger partial charge in [0.25, 0.3) is 0 Å². The third kappa shape index (κ3) is 2.11. The first-order valence-corrected chi connectivity index (χ1v) is 7.17. The number of nitrogens with zero attached hydrogens (tertiary/aromatic N) is 4. The van der Waals surface area contributed by atoms with Crippen molar-refractivity contribution in [2.75, 3.05) is 23.8 Å². The number of nitrogens with one attached hydrogen (secondary N) is 1. The molecule has 0 fully saturated rings. The Morgan fingerprint density at radius 2 is 1.95 bits per heavy atom. The molecule has 0 spiro atoms. The summed E-state index contributed by atoms with van der Waals surface area (Å²) in [5.74, 6) is 1.69. The van der Waals surface area contributed by atoms with Crippen LogP contribution in [-0.2, 0) is 13.1 Å². The highest BCUT2D eigenvalue weighted by molar-refractivity contribution is 5.88. The van der Waals surface area contributed by atoms with E-state index in [-0.39, 0.29) is 0 Å². The van der Waals surface area contributed by atoms with Gasteiger partial charge >= 0.3 is 0 Å². The van der Waals surface area contributed by atoms with E-state index < -0.39 is 0 Å². The van der Waals surface area contributed by atoms with Crippen LogP contribution >= 0.6 is 0 Å². The van der Waals surface area contributed by atoms with Gasteiger partial charge in [0.2, 0.25) is 5.95 Å². The van der Waals surface area contributed by atoms with Crippen molar-refractivity contribution in [3.05, 3.63) is 48.2 Å². The molecule has 1 aromatic carbocycles. The molecule has 5 heteroatoms. The van der Waals surface area contributed by atoms with Crippen molar-refractivity contribution in [3.8, 4) is 0 Å². The van der Waals surface area contributed by atoms with Gasteiger partial charge in [-0.05, 0) is 11.6 Å². The Morgan fingerprint density at radius 3 is 2.81 bits per heavy atom. The van der Waals surface area contributed by atoms with E-state index in [1.165, 1.54) is 5.56 Å². The van der Waals surface area contributed by atoms with Crippen LogP contribution in [0.5, 0.6) is 0 Å². The van der Waals surface area contributed by atoms with Crippen molar-refractivity contribution in [2.45, 2.75) is 13.1 Å². The molecular weight excluding hydrogens is 262 g/mol. The molecule has 3 heterocycles. The second kappa shape index (κ2) is 4.77. The number of hydrogen-bond donors (Lipinski definition) is 1. The lowest BCUT2D eigenvalue weighted by atomic mass is 10.2. The molecule has 0 unspecified atom stereocenters. The second-order valence-electron chi connectivity index (χ2n) is 5.37. The highest BCUT2D eigenvalue weighted by Crippen LogP contribution is 2.28. The van der Waals surface area contributed by atoms with E-state index in [9.17, 15) is 0 Å². The third-order valence-corrected chi connectivity index (χ3v) is 3.92. The van der Waals surface area contributed by atoms with Gasteiger partial charge in [-0.25, -0.2) is 4.98 Å². The summed E-state index contributed by atoms with van der Waals surface area (Å²) in [5.41, 5.74) is 3.36. The zero-order valence-corrected chi connectivity index (χ0v) is 12.0. The van der Waals surface area contributed by atoms with Crippen LogP contribution in [-0.4, -0.2) is 28.1 Å². The molecule has 2 aromatic heterocycles. The predicted octanol–water partition coefficient (Wildman–Crippen LogP) is 2.49. The first-order valence-electron chi connectivity index (χ1n) is 7.17. The van der Waals surface area contributed by atoms with Crippen molar-refractivity contribution in [3.63, 3.8) is 0 Å². The van der Waals surface area contributed by atoms with E-state index in [0.29, 0.717) is 5.95 Å². The predicted molar refractivity (Wildman–Crippen MR) is 84.6 cm³/mol. The molecule has 0 saturated heterocycles. The van der Waals surface area contributed by atoms with E-state index in [1.54, 1.807) is 0 Å². The lowest BCUT2D eigenvalue weighted by Gasteiger charge is -2.25. The van der Waals surface area contributed by atoms with Gasteiger partial charge in [0, 0.05) is 32.9 Å². The van der Waals surface area contributed by atoms with Gasteiger partial charge in [-0.1, -0.05) is 30.3 Å². The van der Waals surface area contributed by atoms with Gasteiger partial charge in [-0.3, -0.25) is 0 Å². The molecule has 0 atom stereocenters. The molecule has 1 aliphatic rings. The van der Waals surface area contributed by atoms with Crippen molar-refractivity contribution < 1.29 is 0 Å². The summed E-state index contributed by atoms with van der Waals surface area (Å²) in [6.45, 7) is 2.70. The molecule has 0 saturated carbocycles. The first kappa shape index (κ1) is 12.2. The summed E-state index contributed by atoms with van der Waals surface area (Å²) >= 11 is 0. The van der Waals surface area contributed by atoms with Crippen LogP contribution in [0.1, 0.15) is 5.56 Å². The lowest BCUT2D eigenvalue weighted by Crippen LogP contribution is -2.28. The Hall–Kier alpha value is -2.56. The average molecular weight is 279 g/mol. The van der Waals surface area contributed by atoms with Gasteiger partial charge in [0.15, 0.2) is 5.82 Å². The molecule has 3 aromatic rings. The standard InChI is InChI=1S/C16H17N5/c1-20-9-10-21-8-7-13-14(21)15(20)19-16(18-13)17-11-12-5-3-2-4-6-12/h2-8H,9-11H2,1H3,(H,17,18,19). The highest BCUT2D eigenvalue weighted by Gasteiger charge is 2.19. The van der Waals surface area contributed by atoms with Crippen LogP contribution in [0.25, 0.3) is 11.0 Å². The quantitative estimate of drug-likeness (QED) is 0.800. The third-order valence-electron chi connectivity index (χ3n) is 3.92. The van der Waals surface area contributed by atoms with Gasteiger partial charge in [0.05, 0.1) is 5.52 Å². The number of aromatic nitrogens is 3. The van der Waals surface area contributed by atoms with Crippen molar-refractivity contribution >= 4 is 22.8 Å². The highest BCUT2D eigenvalue weighted by atomic mass is 15.3. The molecular formula is C16H17N5. The SMILES string of the molecule is CN1CCn2ccc3nc(NCc4ccccc4)nc1c32. The summed E-state index contributed by atoms with van der Waals surface area (Å²) < 4.78 is 2.23. The minimum atomic E-state index is 0.688. The molecule has 21 heavy (non-hydrogen) atoms. The Kier molecular flexibility index (Phi) is 2.77. The van der Waals surface area contributed by atoms with Gasteiger partial charge < -0.3 is 14.8 Å². The molecule has 0 bridgehead atoms. The van der Waals surface area contributed by atoms with E-state index in [4.69, 9.17) is 0 Å². The molecule has 5 nitrogen and oxygen atoms in total. The van der Waals surface area contributed by atoms with Crippen molar-refractivity contribution in [2.24, 2.45) is 0 Å². The van der Waals surface area contributed by atoms with Crippen LogP contribution in [0.4, 0.5) is 11.8 Å². The molecule has 4 rings (SSSR count). The largest absolute Gasteiger partial charge is 0.356 e. The van der Waals surface area contributed by atoms with Crippen LogP contribution < -0.4 is 10.2 Å². The summed E-state index contributed by atoms with van der Waals surface area (Å²) in [4.78, 5) is 11.5. The Bertz CT molecular complexity index is 778. The fourth-order valence-corrected chi connectivity index (χ4v) is 2.76. The average Bonchev–Trinajstić information content (AvgIpc) is 2.94. The van der Waals surface area contributed by atoms with E-state index in [1.807, 2.05) is 18.2 Å². The maximum Gasteiger partial charge on any atom is 0.225 e. The van der Waals surface area contributed by atoms with Crippen molar-refractivity contribution in [1.82, 2.24) is 14.5 Å². The lowest BCUT2D eigenvalue weighted by molar-refractivity contribution is 0.677. The van der Waals surface area contributed by atoms with E-state index in [0.717, 1.165) is 36.5 Å². The monoisotopic (exact) mass is 279 g/mol. The first-order chi connectivity index (χ1) is 10.3. The molecule has 0 aliphatic carbocycles. The summed E-state index contributed by atoms with van der Waals surface area (Å²) in [6.07, 6.45) is 2.09. The van der Waals surface area contributed by atoms with Crippen LogP contribution in [0.2, 0.25) is 0 Å². The number of anilines is 2. The molecule has 1 N–H and O–H groups in total. The Labute approximate surface area is 123 Å². The van der Waals surface area contributed by atoms with Crippen LogP contribution in [0.3, 0.4) is 0 Å². The van der Waals surface area contributed by atoms with E-state index >= 15 is 0 Å². The molecule has 106 valence electrons. The zero-order chi connectivity index (χ0) is 14.2. The molecule has 0 amide bonds. The number of rotatable bonds is 3. The molecule has 0 radical (unpaired) electrons. The minimum absolute atomic E-state index is 0.688. The van der Waals surface area contributed by atoms with Crippen LogP contribution in [0.15, 0.2) is 42.6 Å². The minimum Gasteiger partial charge on any atom is -0.356 e. The fourth-order valence-electron chi connectivity index (χ4n) is 2.76. The Balaban J connectivity index is 1.67. The maximum absolute atomic E-state index is 4.68. The maximum atomic E-state index is 4.68. The van der Waals surface area contributed by atoms with Crippen LogP contribution in [0, 0.1) is 0 Å². The summed E-state index contributed by atoms with van der Waals surface area (Å²) in [7, 11) is 2.08. The van der Waals surface area contributed by atoms with Crippen molar-refractivity contribution in [1.29, 1.82) is 0 Å². The van der Waals surface area contributed by atoms with Gasteiger partial charge in [-0.2, -0.15) is 4.98 Å². The van der Waals surface area contributed by atoms with Gasteiger partial charge in [0.1, 0.15) is 5.52 Å². The number of hydrogen-bond acceptors (Lipinski definition) is 4. The van der Waals surface area contributed by atoms with E-state index in [2.05, 4.69) is 56.2 Å². The smallest absolute Gasteiger partial charge is 0.225 e. The number of likely N-dealkylation sites (N-methyl/N-ethyl adjacent to an activating group) is 1. The fraction of sp³-hybridized carbons (Fsp3) is 0.250. The normalized spacial score (nSPS) is 13.7. The topological polar surface area (TPSA) is 46.0 Å². The summed E-state index contributed by atoms with van der Waals surface area (Å²) in [6, 6.07) is 12.4. The molecule has 1 aliphatic heterocycles.